The maximum atomic E-state index is 13.0. The standard InChI is InChI=1S/C21H21Cl2N3O2S/c1-12(13-6-7-15(22)16(23)10-13)25-18(27)8-9-26-11-24-20-19(21(26)28)14-4-2-3-5-17(14)29-20/h6-7,10-12H,2-5,8-9H2,1H3,(H,25,27)/t12-/m0/s1. The predicted molar refractivity (Wildman–Crippen MR) is 118 cm³/mol. The summed E-state index contributed by atoms with van der Waals surface area (Å²) in [5.41, 5.74) is 2.00. The van der Waals surface area contributed by atoms with Gasteiger partial charge in [-0.25, -0.2) is 4.98 Å². The van der Waals surface area contributed by atoms with Crippen molar-refractivity contribution in [3.05, 3.63) is 60.9 Å². The van der Waals surface area contributed by atoms with Gasteiger partial charge in [0.25, 0.3) is 5.56 Å². The van der Waals surface area contributed by atoms with Gasteiger partial charge >= 0.3 is 0 Å². The van der Waals surface area contributed by atoms with Crippen LogP contribution in [0.15, 0.2) is 29.3 Å². The topological polar surface area (TPSA) is 64.0 Å². The summed E-state index contributed by atoms with van der Waals surface area (Å²) < 4.78 is 1.55. The van der Waals surface area contributed by atoms with Gasteiger partial charge in [-0.15, -0.1) is 11.3 Å². The number of amides is 1. The van der Waals surface area contributed by atoms with E-state index in [4.69, 9.17) is 23.2 Å². The monoisotopic (exact) mass is 449 g/mol. The van der Waals surface area contributed by atoms with Crippen molar-refractivity contribution in [2.75, 3.05) is 0 Å². The van der Waals surface area contributed by atoms with Gasteiger partial charge in [0.2, 0.25) is 5.91 Å². The average Bonchev–Trinajstić information content (AvgIpc) is 3.08. The molecule has 0 spiro atoms. The first-order valence-corrected chi connectivity index (χ1v) is 11.3. The van der Waals surface area contributed by atoms with Crippen molar-refractivity contribution in [3.63, 3.8) is 0 Å². The molecule has 2 aromatic heterocycles. The molecular formula is C21H21Cl2N3O2S. The highest BCUT2D eigenvalue weighted by Crippen LogP contribution is 2.33. The minimum atomic E-state index is -0.210. The molecule has 3 aromatic rings. The first-order chi connectivity index (χ1) is 13.9. The number of rotatable bonds is 5. The van der Waals surface area contributed by atoms with Crippen molar-refractivity contribution < 1.29 is 4.79 Å². The second-order valence-electron chi connectivity index (χ2n) is 7.35. The first-order valence-electron chi connectivity index (χ1n) is 9.68. The minimum absolute atomic E-state index is 0.0419. The van der Waals surface area contributed by atoms with Gasteiger partial charge < -0.3 is 5.32 Å². The first kappa shape index (κ1) is 20.4. The maximum absolute atomic E-state index is 13.0. The zero-order chi connectivity index (χ0) is 20.5. The van der Waals surface area contributed by atoms with Crippen LogP contribution in [0.25, 0.3) is 10.2 Å². The Balaban J connectivity index is 1.45. The lowest BCUT2D eigenvalue weighted by Crippen LogP contribution is -2.29. The molecule has 1 aliphatic carbocycles. The Bertz CT molecular complexity index is 1140. The van der Waals surface area contributed by atoms with Crippen LogP contribution in [-0.2, 0) is 24.2 Å². The van der Waals surface area contributed by atoms with Crippen LogP contribution in [0, 0.1) is 0 Å². The largest absolute Gasteiger partial charge is 0.350 e. The number of aromatic nitrogens is 2. The van der Waals surface area contributed by atoms with Gasteiger partial charge in [-0.1, -0.05) is 29.3 Å². The molecule has 0 unspecified atom stereocenters. The molecule has 1 amide bonds. The molecule has 5 nitrogen and oxygen atoms in total. The maximum Gasteiger partial charge on any atom is 0.262 e. The van der Waals surface area contributed by atoms with E-state index in [1.54, 1.807) is 34.4 Å². The highest BCUT2D eigenvalue weighted by atomic mass is 35.5. The Hall–Kier alpha value is -1.89. The number of nitrogens with one attached hydrogen (secondary N) is 1. The van der Waals surface area contributed by atoms with E-state index < -0.39 is 0 Å². The molecule has 0 bridgehead atoms. The van der Waals surface area contributed by atoms with Crippen LogP contribution in [0.3, 0.4) is 0 Å². The molecule has 1 N–H and O–H groups in total. The predicted octanol–water partition coefficient (Wildman–Crippen LogP) is 4.91. The average molecular weight is 450 g/mol. The summed E-state index contributed by atoms with van der Waals surface area (Å²) in [7, 11) is 0. The number of carbonyl (C=O) groups is 1. The molecule has 29 heavy (non-hydrogen) atoms. The van der Waals surface area contributed by atoms with Crippen LogP contribution in [0.2, 0.25) is 10.0 Å². The van der Waals surface area contributed by atoms with Crippen LogP contribution in [0.1, 0.15) is 48.2 Å². The number of hydrogen-bond acceptors (Lipinski definition) is 4. The number of nitrogens with zero attached hydrogens (tertiary/aromatic N) is 2. The number of hydrogen-bond donors (Lipinski definition) is 1. The van der Waals surface area contributed by atoms with Gasteiger partial charge in [0, 0.05) is 17.8 Å². The van der Waals surface area contributed by atoms with Crippen molar-refractivity contribution in [1.29, 1.82) is 0 Å². The van der Waals surface area contributed by atoms with Crippen molar-refractivity contribution in [3.8, 4) is 0 Å². The van der Waals surface area contributed by atoms with Gasteiger partial charge in [-0.2, -0.15) is 0 Å². The molecule has 4 rings (SSSR count). The lowest BCUT2D eigenvalue weighted by Gasteiger charge is -2.15. The van der Waals surface area contributed by atoms with E-state index in [2.05, 4.69) is 10.3 Å². The van der Waals surface area contributed by atoms with Gasteiger partial charge in [0.05, 0.1) is 27.8 Å². The van der Waals surface area contributed by atoms with Gasteiger partial charge in [0.1, 0.15) is 4.83 Å². The van der Waals surface area contributed by atoms with Crippen molar-refractivity contribution in [2.45, 2.75) is 51.6 Å². The fraction of sp³-hybridized carbons (Fsp3) is 0.381. The molecule has 0 aliphatic heterocycles. The second kappa shape index (κ2) is 8.46. The number of benzene rings is 1. The number of aryl methyl sites for hydroxylation is 3. The third kappa shape index (κ3) is 4.20. The van der Waals surface area contributed by atoms with Crippen LogP contribution in [0.4, 0.5) is 0 Å². The smallest absolute Gasteiger partial charge is 0.262 e. The quantitative estimate of drug-likeness (QED) is 0.601. The number of thiophene rings is 1. The van der Waals surface area contributed by atoms with Crippen LogP contribution < -0.4 is 10.9 Å². The molecule has 1 aromatic carbocycles. The third-order valence-corrected chi connectivity index (χ3v) is 7.28. The minimum Gasteiger partial charge on any atom is -0.350 e. The second-order valence-corrected chi connectivity index (χ2v) is 9.24. The van der Waals surface area contributed by atoms with E-state index in [1.807, 2.05) is 13.0 Å². The van der Waals surface area contributed by atoms with E-state index in [1.165, 1.54) is 16.9 Å². The Kier molecular flexibility index (Phi) is 5.95. The fourth-order valence-corrected chi connectivity index (χ4v) is 5.27. The number of fused-ring (bicyclic) bond motifs is 3. The van der Waals surface area contributed by atoms with Crippen molar-refractivity contribution in [2.24, 2.45) is 0 Å². The summed E-state index contributed by atoms with van der Waals surface area (Å²) in [5, 5.41) is 4.62. The summed E-state index contributed by atoms with van der Waals surface area (Å²) in [4.78, 5) is 31.9. The van der Waals surface area contributed by atoms with Gasteiger partial charge in [0.15, 0.2) is 0 Å². The van der Waals surface area contributed by atoms with E-state index in [0.29, 0.717) is 16.6 Å². The molecule has 1 atom stereocenters. The van der Waals surface area contributed by atoms with Crippen LogP contribution in [0.5, 0.6) is 0 Å². The fourth-order valence-electron chi connectivity index (χ4n) is 3.74. The summed E-state index contributed by atoms with van der Waals surface area (Å²) >= 11 is 13.6. The summed E-state index contributed by atoms with van der Waals surface area (Å²) in [6.07, 6.45) is 6.02. The van der Waals surface area contributed by atoms with Gasteiger partial charge in [-0.05, 0) is 55.9 Å². The Labute approximate surface area is 182 Å². The van der Waals surface area contributed by atoms with Gasteiger partial charge in [-0.3, -0.25) is 14.2 Å². The van der Waals surface area contributed by atoms with Crippen molar-refractivity contribution >= 4 is 50.7 Å². The number of carbonyl (C=O) groups excluding carboxylic acids is 1. The molecule has 1 aliphatic rings. The SMILES string of the molecule is C[C@H](NC(=O)CCn1cnc2sc3c(c2c1=O)CCCC3)c1ccc(Cl)c(Cl)c1. The third-order valence-electron chi connectivity index (χ3n) is 5.34. The Morgan fingerprint density at radius 2 is 2.07 bits per heavy atom. The zero-order valence-corrected chi connectivity index (χ0v) is 18.3. The van der Waals surface area contributed by atoms with E-state index in [9.17, 15) is 9.59 Å². The van der Waals surface area contributed by atoms with Crippen LogP contribution in [-0.4, -0.2) is 15.5 Å². The molecule has 8 heteroatoms. The number of halogens is 2. The molecule has 2 heterocycles. The lowest BCUT2D eigenvalue weighted by molar-refractivity contribution is -0.121. The molecule has 0 radical (unpaired) electrons. The van der Waals surface area contributed by atoms with Crippen molar-refractivity contribution in [1.82, 2.24) is 14.9 Å². The Morgan fingerprint density at radius 1 is 1.28 bits per heavy atom. The summed E-state index contributed by atoms with van der Waals surface area (Å²) in [6, 6.07) is 5.08. The molecule has 152 valence electrons. The summed E-state index contributed by atoms with van der Waals surface area (Å²) in [6.45, 7) is 2.18. The van der Waals surface area contributed by atoms with E-state index >= 15 is 0 Å². The van der Waals surface area contributed by atoms with E-state index in [0.717, 1.165) is 35.0 Å². The summed E-state index contributed by atoms with van der Waals surface area (Å²) in [5.74, 6) is -0.136. The highest BCUT2D eigenvalue weighted by Gasteiger charge is 2.20. The highest BCUT2D eigenvalue weighted by molar-refractivity contribution is 7.18. The molecular weight excluding hydrogens is 429 g/mol. The Morgan fingerprint density at radius 3 is 2.86 bits per heavy atom. The van der Waals surface area contributed by atoms with E-state index in [-0.39, 0.29) is 23.9 Å². The molecule has 0 fully saturated rings. The zero-order valence-electron chi connectivity index (χ0n) is 16.0. The van der Waals surface area contributed by atoms with Crippen LogP contribution >= 0.6 is 34.5 Å². The molecule has 0 saturated carbocycles. The normalized spacial score (nSPS) is 14.6. The lowest BCUT2D eigenvalue weighted by atomic mass is 9.97. The molecule has 0 saturated heterocycles.